The number of nitrogens with two attached hydrogens (primary N) is 1. The van der Waals surface area contributed by atoms with Crippen LogP contribution in [0.1, 0.15) is 53.8 Å². The third kappa shape index (κ3) is 5.83. The van der Waals surface area contributed by atoms with Crippen molar-refractivity contribution in [3.8, 4) is 0 Å². The lowest BCUT2D eigenvalue weighted by Crippen LogP contribution is -2.21. The van der Waals surface area contributed by atoms with Crippen molar-refractivity contribution in [1.29, 1.82) is 0 Å². The first-order valence-electron chi connectivity index (χ1n) is 6.60. The van der Waals surface area contributed by atoms with E-state index in [0.717, 1.165) is 25.7 Å². The van der Waals surface area contributed by atoms with Crippen molar-refractivity contribution in [2.45, 2.75) is 52.4 Å². The Morgan fingerprint density at radius 2 is 2.29 bits per heavy atom. The van der Waals surface area contributed by atoms with Crippen LogP contribution in [0.15, 0.2) is 23.8 Å². The Hall–Kier alpha value is -0.890. The number of hydrogen-bond acceptors (Lipinski definition) is 2. The maximum absolute atomic E-state index is 11.9. The maximum atomic E-state index is 11.9. The van der Waals surface area contributed by atoms with Crippen molar-refractivity contribution in [1.82, 2.24) is 0 Å². The van der Waals surface area contributed by atoms with Gasteiger partial charge in [-0.3, -0.25) is 4.79 Å². The van der Waals surface area contributed by atoms with Gasteiger partial charge in [0.1, 0.15) is 5.78 Å². The van der Waals surface area contributed by atoms with Gasteiger partial charge in [0.15, 0.2) is 0 Å². The molecule has 98 valence electrons. The highest BCUT2D eigenvalue weighted by Crippen LogP contribution is 2.26. The summed E-state index contributed by atoms with van der Waals surface area (Å²) < 4.78 is 0. The summed E-state index contributed by atoms with van der Waals surface area (Å²) in [6, 6.07) is 0. The van der Waals surface area contributed by atoms with Gasteiger partial charge in [0.2, 0.25) is 0 Å². The molecule has 0 fully saturated rings. The fourth-order valence-electron chi connectivity index (χ4n) is 2.26. The topological polar surface area (TPSA) is 43.1 Å². The molecule has 1 aliphatic carbocycles. The van der Waals surface area contributed by atoms with E-state index in [-0.39, 0.29) is 6.84 Å². The molecule has 0 amide bonds. The summed E-state index contributed by atoms with van der Waals surface area (Å²) in [4.78, 5) is 11.9. The molecule has 17 heavy (non-hydrogen) atoms. The van der Waals surface area contributed by atoms with Crippen molar-refractivity contribution in [3.63, 3.8) is 0 Å². The molecule has 0 saturated heterocycles. The number of allylic oxidation sites excluding steroid dienone is 4. The van der Waals surface area contributed by atoms with Gasteiger partial charge in [-0.1, -0.05) is 37.6 Å². The molecule has 0 aromatic heterocycles. The fraction of sp³-hybridized carbons (Fsp3) is 0.667. The van der Waals surface area contributed by atoms with Crippen LogP contribution < -0.4 is 5.73 Å². The van der Waals surface area contributed by atoms with E-state index in [4.69, 9.17) is 5.73 Å². The van der Waals surface area contributed by atoms with Gasteiger partial charge in [-0.15, -0.1) is 0 Å². The molecule has 0 saturated carbocycles. The van der Waals surface area contributed by atoms with Crippen LogP contribution in [0.25, 0.3) is 0 Å². The molecule has 2 nitrogen and oxygen atoms in total. The second kappa shape index (κ2) is 6.75. The van der Waals surface area contributed by atoms with E-state index in [2.05, 4.69) is 32.1 Å². The minimum absolute atomic E-state index is 0. The van der Waals surface area contributed by atoms with Crippen LogP contribution in [0, 0.1) is 5.41 Å². The summed E-state index contributed by atoms with van der Waals surface area (Å²) in [6.45, 7) is 4.91. The summed E-state index contributed by atoms with van der Waals surface area (Å²) in [5, 5.41) is 0. The van der Waals surface area contributed by atoms with Crippen LogP contribution in [0.5, 0.6) is 0 Å². The fourth-order valence-corrected chi connectivity index (χ4v) is 2.26. The molecule has 2 heteroatoms. The predicted octanol–water partition coefficient (Wildman–Crippen LogP) is 3.62. The molecule has 0 aromatic carbocycles. The van der Waals surface area contributed by atoms with Crippen LogP contribution in [0.2, 0.25) is 0 Å². The molecule has 0 heterocycles. The average Bonchev–Trinajstić information content (AvgIpc) is 2.27. The number of Topliss-reactive ketones (excluding diaryl/α,β-unsaturated/α-hetero) is 1. The zero-order valence-corrected chi connectivity index (χ0v) is 11.2. The lowest BCUT2D eigenvalue weighted by molar-refractivity contribution is -0.121. The number of hydrogen-bond donors (Lipinski definition) is 1. The molecule has 0 spiro atoms. The average molecular weight is 237 g/mol. The molecule has 0 bridgehead atoms. The molecule has 0 aromatic rings. The maximum Gasteiger partial charge on any atom is 0.133 e. The Bertz CT molecular complexity index is 318. The van der Waals surface area contributed by atoms with Crippen molar-refractivity contribution >= 4 is 5.78 Å². The van der Waals surface area contributed by atoms with Gasteiger partial charge in [0, 0.05) is 14.3 Å². The molecule has 1 aliphatic rings. The Balaban J connectivity index is 0.00000289. The lowest BCUT2D eigenvalue weighted by Gasteiger charge is -2.22. The smallest absolute Gasteiger partial charge is 0.133 e. The van der Waals surface area contributed by atoms with Crippen molar-refractivity contribution in [3.05, 3.63) is 23.8 Å². The second-order valence-electron chi connectivity index (χ2n) is 5.71. The van der Waals surface area contributed by atoms with Gasteiger partial charge >= 0.3 is 0 Å². The van der Waals surface area contributed by atoms with E-state index in [1.54, 1.807) is 0 Å². The summed E-state index contributed by atoms with van der Waals surface area (Å²) >= 11 is 0. The van der Waals surface area contributed by atoms with Crippen LogP contribution in [-0.2, 0) is 4.79 Å². The van der Waals surface area contributed by atoms with Gasteiger partial charge in [-0.25, -0.2) is 0 Å². The Morgan fingerprint density at radius 3 is 2.88 bits per heavy atom. The SMILES string of the molecule is CC(C)(CCN)CC(=O)CCC1=CC=CCC1.[HH]. The van der Waals surface area contributed by atoms with Gasteiger partial charge in [-0.2, -0.15) is 0 Å². The predicted molar refractivity (Wildman–Crippen MR) is 74.9 cm³/mol. The molecule has 0 unspecified atom stereocenters. The van der Waals surface area contributed by atoms with Crippen LogP contribution >= 0.6 is 0 Å². The summed E-state index contributed by atoms with van der Waals surface area (Å²) in [6.07, 6.45) is 11.9. The molecule has 1 rings (SSSR count). The van der Waals surface area contributed by atoms with Crippen LogP contribution in [-0.4, -0.2) is 12.3 Å². The summed E-state index contributed by atoms with van der Waals surface area (Å²) in [7, 11) is 0. The van der Waals surface area contributed by atoms with E-state index in [1.807, 2.05) is 0 Å². The molecule has 0 radical (unpaired) electrons. The van der Waals surface area contributed by atoms with Gasteiger partial charge < -0.3 is 5.73 Å². The monoisotopic (exact) mass is 237 g/mol. The lowest BCUT2D eigenvalue weighted by atomic mass is 9.83. The van der Waals surface area contributed by atoms with Crippen molar-refractivity contribution in [2.75, 3.05) is 6.54 Å². The molecule has 0 aliphatic heterocycles. The summed E-state index contributed by atoms with van der Waals surface area (Å²) in [5.74, 6) is 0.374. The van der Waals surface area contributed by atoms with E-state index in [9.17, 15) is 4.79 Å². The standard InChI is InChI=1S/C15H25NO.H2/c1-15(2,10-11-16)12-14(17)9-8-13-6-4-3-5-7-13;/h3-4,6H,5,7-12,16H2,1-2H3;1H. The van der Waals surface area contributed by atoms with Crippen molar-refractivity contribution in [2.24, 2.45) is 11.1 Å². The first kappa shape index (κ1) is 14.2. The number of carbonyl (C=O) groups excluding carboxylic acids is 1. The highest BCUT2D eigenvalue weighted by molar-refractivity contribution is 5.79. The number of ketones is 1. The first-order valence-corrected chi connectivity index (χ1v) is 6.60. The molecule has 2 N–H and O–H groups in total. The first-order chi connectivity index (χ1) is 8.03. The molecule has 0 atom stereocenters. The zero-order chi connectivity index (χ0) is 12.7. The zero-order valence-electron chi connectivity index (χ0n) is 11.2. The highest BCUT2D eigenvalue weighted by Gasteiger charge is 2.20. The minimum atomic E-state index is 0. The van der Waals surface area contributed by atoms with E-state index >= 15 is 0 Å². The Labute approximate surface area is 106 Å². The largest absolute Gasteiger partial charge is 0.330 e. The Kier molecular flexibility index (Phi) is 5.63. The van der Waals surface area contributed by atoms with E-state index < -0.39 is 0 Å². The van der Waals surface area contributed by atoms with Gasteiger partial charge in [-0.05, 0) is 37.6 Å². The number of rotatable bonds is 7. The van der Waals surface area contributed by atoms with Crippen molar-refractivity contribution < 1.29 is 6.22 Å². The van der Waals surface area contributed by atoms with Gasteiger partial charge in [0.05, 0.1) is 0 Å². The van der Waals surface area contributed by atoms with E-state index in [1.165, 1.54) is 5.57 Å². The molecular weight excluding hydrogens is 210 g/mol. The highest BCUT2D eigenvalue weighted by atomic mass is 16.1. The normalized spacial score (nSPS) is 15.8. The number of carbonyl (C=O) groups is 1. The molecular formula is C15H27NO. The summed E-state index contributed by atoms with van der Waals surface area (Å²) in [5.41, 5.74) is 7.03. The second-order valence-corrected chi connectivity index (χ2v) is 5.71. The Morgan fingerprint density at radius 1 is 1.53 bits per heavy atom. The van der Waals surface area contributed by atoms with E-state index in [0.29, 0.717) is 25.2 Å². The van der Waals surface area contributed by atoms with Crippen LogP contribution in [0.3, 0.4) is 0 Å². The third-order valence-electron chi connectivity index (χ3n) is 3.32. The quantitative estimate of drug-likeness (QED) is 0.735. The third-order valence-corrected chi connectivity index (χ3v) is 3.32. The van der Waals surface area contributed by atoms with Crippen LogP contribution in [0.4, 0.5) is 0 Å². The minimum Gasteiger partial charge on any atom is -0.330 e. The van der Waals surface area contributed by atoms with Gasteiger partial charge in [0.25, 0.3) is 0 Å².